The van der Waals surface area contributed by atoms with Crippen molar-refractivity contribution in [2.45, 2.75) is 39.7 Å². The first-order valence-corrected chi connectivity index (χ1v) is 8.00. The molecule has 0 saturated carbocycles. The highest BCUT2D eigenvalue weighted by Gasteiger charge is 2.14. The molecule has 0 aromatic heterocycles. The first-order chi connectivity index (χ1) is 10.0. The van der Waals surface area contributed by atoms with Gasteiger partial charge < -0.3 is 5.32 Å². The predicted octanol–water partition coefficient (Wildman–Crippen LogP) is 5.47. The van der Waals surface area contributed by atoms with Crippen LogP contribution in [0.1, 0.15) is 55.0 Å². The molecule has 0 radical (unpaired) electrons. The van der Waals surface area contributed by atoms with Crippen molar-refractivity contribution >= 4 is 11.6 Å². The van der Waals surface area contributed by atoms with Gasteiger partial charge in [0.15, 0.2) is 0 Å². The van der Waals surface area contributed by atoms with Crippen molar-refractivity contribution in [3.05, 3.63) is 69.7 Å². The number of halogens is 1. The summed E-state index contributed by atoms with van der Waals surface area (Å²) < 4.78 is 0. The molecule has 0 aliphatic carbocycles. The van der Waals surface area contributed by atoms with Crippen LogP contribution in [0.25, 0.3) is 0 Å². The van der Waals surface area contributed by atoms with Crippen molar-refractivity contribution in [1.29, 1.82) is 0 Å². The van der Waals surface area contributed by atoms with E-state index >= 15 is 0 Å². The van der Waals surface area contributed by atoms with E-state index < -0.39 is 0 Å². The smallest absolute Gasteiger partial charge is 0.0576 e. The van der Waals surface area contributed by atoms with Crippen LogP contribution in [0.15, 0.2) is 42.5 Å². The van der Waals surface area contributed by atoms with Crippen molar-refractivity contribution in [3.8, 4) is 0 Å². The summed E-state index contributed by atoms with van der Waals surface area (Å²) in [7, 11) is 0. The Morgan fingerprint density at radius 3 is 2.05 bits per heavy atom. The molecule has 0 aliphatic heterocycles. The van der Waals surface area contributed by atoms with E-state index in [1.165, 1.54) is 16.7 Å². The topological polar surface area (TPSA) is 12.0 Å². The Kier molecular flexibility index (Phi) is 5.44. The molecule has 1 unspecified atom stereocenters. The molecule has 2 rings (SSSR count). The van der Waals surface area contributed by atoms with Crippen molar-refractivity contribution in [3.63, 3.8) is 0 Å². The lowest BCUT2D eigenvalue weighted by atomic mass is 9.94. The second-order valence-corrected chi connectivity index (χ2v) is 6.23. The van der Waals surface area contributed by atoms with Crippen LogP contribution in [-0.4, -0.2) is 6.54 Å². The quantitative estimate of drug-likeness (QED) is 0.772. The monoisotopic (exact) mass is 301 g/mol. The van der Waals surface area contributed by atoms with Gasteiger partial charge in [0.2, 0.25) is 0 Å². The Morgan fingerprint density at radius 1 is 0.952 bits per heavy atom. The standard InChI is InChI=1S/C19H24ClN/c1-5-21-19(17-10-11-18(20)14(4)12-17)16-8-6-15(7-9-16)13(2)3/h6-13,19,21H,5H2,1-4H3. The number of nitrogens with one attached hydrogen (secondary N) is 1. The third-order valence-corrected chi connectivity index (χ3v) is 4.28. The molecule has 2 aromatic carbocycles. The van der Waals surface area contributed by atoms with E-state index in [2.05, 4.69) is 69.4 Å². The van der Waals surface area contributed by atoms with Crippen molar-refractivity contribution in [1.82, 2.24) is 5.32 Å². The number of rotatable bonds is 5. The SMILES string of the molecule is CCNC(c1ccc(C(C)C)cc1)c1ccc(Cl)c(C)c1. The van der Waals surface area contributed by atoms with Gasteiger partial charge in [-0.3, -0.25) is 0 Å². The van der Waals surface area contributed by atoms with Crippen LogP contribution in [0.5, 0.6) is 0 Å². The number of hydrogen-bond donors (Lipinski definition) is 1. The fourth-order valence-electron chi connectivity index (χ4n) is 2.55. The van der Waals surface area contributed by atoms with Crippen molar-refractivity contribution < 1.29 is 0 Å². The second kappa shape index (κ2) is 7.11. The van der Waals surface area contributed by atoms with E-state index in [1.54, 1.807) is 0 Å². The molecule has 0 heterocycles. The lowest BCUT2D eigenvalue weighted by molar-refractivity contribution is 0.630. The Morgan fingerprint density at radius 2 is 1.52 bits per heavy atom. The fourth-order valence-corrected chi connectivity index (χ4v) is 2.67. The van der Waals surface area contributed by atoms with Crippen LogP contribution in [-0.2, 0) is 0 Å². The van der Waals surface area contributed by atoms with E-state index in [4.69, 9.17) is 11.6 Å². The Hall–Kier alpha value is -1.31. The summed E-state index contributed by atoms with van der Waals surface area (Å²) >= 11 is 6.14. The Balaban J connectivity index is 2.35. The van der Waals surface area contributed by atoms with Crippen LogP contribution in [0.4, 0.5) is 0 Å². The summed E-state index contributed by atoms with van der Waals surface area (Å²) in [6.45, 7) is 9.56. The van der Waals surface area contributed by atoms with Crippen LogP contribution in [0.3, 0.4) is 0 Å². The highest BCUT2D eigenvalue weighted by molar-refractivity contribution is 6.31. The normalized spacial score (nSPS) is 12.7. The number of benzene rings is 2. The molecule has 0 spiro atoms. The Labute approximate surface area is 133 Å². The molecule has 21 heavy (non-hydrogen) atoms. The molecule has 2 aromatic rings. The van der Waals surface area contributed by atoms with E-state index in [-0.39, 0.29) is 6.04 Å². The van der Waals surface area contributed by atoms with Crippen LogP contribution in [0.2, 0.25) is 5.02 Å². The molecule has 1 atom stereocenters. The molecule has 0 saturated heterocycles. The average Bonchev–Trinajstić information content (AvgIpc) is 2.48. The van der Waals surface area contributed by atoms with Gasteiger partial charge in [0, 0.05) is 5.02 Å². The third kappa shape index (κ3) is 3.87. The summed E-state index contributed by atoms with van der Waals surface area (Å²) in [6, 6.07) is 15.4. The predicted molar refractivity (Wildman–Crippen MR) is 92.2 cm³/mol. The summed E-state index contributed by atoms with van der Waals surface area (Å²) in [5.74, 6) is 0.564. The third-order valence-electron chi connectivity index (χ3n) is 3.86. The van der Waals surface area contributed by atoms with Gasteiger partial charge in [0.1, 0.15) is 0 Å². The first kappa shape index (κ1) is 16.1. The number of aryl methyl sites for hydroxylation is 1. The Bertz CT molecular complexity index is 587. The van der Waals surface area contributed by atoms with Crippen LogP contribution in [0, 0.1) is 6.92 Å². The van der Waals surface area contributed by atoms with Crippen LogP contribution < -0.4 is 5.32 Å². The maximum atomic E-state index is 6.14. The zero-order chi connectivity index (χ0) is 15.4. The van der Waals surface area contributed by atoms with Gasteiger partial charge in [-0.25, -0.2) is 0 Å². The van der Waals surface area contributed by atoms with E-state index in [1.807, 2.05) is 6.07 Å². The van der Waals surface area contributed by atoms with Crippen molar-refractivity contribution in [2.24, 2.45) is 0 Å². The zero-order valence-electron chi connectivity index (χ0n) is 13.3. The van der Waals surface area contributed by atoms with Crippen LogP contribution >= 0.6 is 11.6 Å². The zero-order valence-corrected chi connectivity index (χ0v) is 14.0. The van der Waals surface area contributed by atoms with E-state index in [0.29, 0.717) is 5.92 Å². The molecular formula is C19H24ClN. The molecule has 1 N–H and O–H groups in total. The summed E-state index contributed by atoms with van der Waals surface area (Å²) in [5, 5.41) is 4.39. The molecule has 1 nitrogen and oxygen atoms in total. The van der Waals surface area contributed by atoms with Gasteiger partial charge in [0.25, 0.3) is 0 Å². The van der Waals surface area contributed by atoms with Gasteiger partial charge in [-0.2, -0.15) is 0 Å². The minimum atomic E-state index is 0.215. The number of hydrogen-bond acceptors (Lipinski definition) is 1. The first-order valence-electron chi connectivity index (χ1n) is 7.62. The van der Waals surface area contributed by atoms with Gasteiger partial charge >= 0.3 is 0 Å². The van der Waals surface area contributed by atoms with Gasteiger partial charge in [-0.1, -0.05) is 68.8 Å². The second-order valence-electron chi connectivity index (χ2n) is 5.82. The molecule has 0 bridgehead atoms. The molecular weight excluding hydrogens is 278 g/mol. The highest BCUT2D eigenvalue weighted by atomic mass is 35.5. The molecule has 0 fully saturated rings. The fraction of sp³-hybridized carbons (Fsp3) is 0.368. The largest absolute Gasteiger partial charge is 0.307 e. The maximum Gasteiger partial charge on any atom is 0.0576 e. The van der Waals surface area contributed by atoms with Gasteiger partial charge in [-0.15, -0.1) is 0 Å². The van der Waals surface area contributed by atoms with Gasteiger partial charge in [-0.05, 0) is 47.7 Å². The molecule has 112 valence electrons. The minimum Gasteiger partial charge on any atom is -0.307 e. The van der Waals surface area contributed by atoms with Gasteiger partial charge in [0.05, 0.1) is 6.04 Å². The average molecular weight is 302 g/mol. The summed E-state index contributed by atoms with van der Waals surface area (Å²) in [4.78, 5) is 0. The highest BCUT2D eigenvalue weighted by Crippen LogP contribution is 2.27. The lowest BCUT2D eigenvalue weighted by Crippen LogP contribution is -2.22. The van der Waals surface area contributed by atoms with E-state index in [0.717, 1.165) is 17.1 Å². The van der Waals surface area contributed by atoms with E-state index in [9.17, 15) is 0 Å². The summed E-state index contributed by atoms with van der Waals surface area (Å²) in [5.41, 5.74) is 5.05. The molecule has 0 aliphatic rings. The van der Waals surface area contributed by atoms with Crippen molar-refractivity contribution in [2.75, 3.05) is 6.54 Å². The summed E-state index contributed by atoms with van der Waals surface area (Å²) in [6.07, 6.45) is 0. The minimum absolute atomic E-state index is 0.215. The lowest BCUT2D eigenvalue weighted by Gasteiger charge is -2.20. The molecule has 0 amide bonds. The maximum absolute atomic E-state index is 6.14. The molecule has 2 heteroatoms.